The van der Waals surface area contributed by atoms with Crippen molar-refractivity contribution in [3.63, 3.8) is 0 Å². The molecule has 1 N–H and O–H groups in total. The molecule has 0 heterocycles. The summed E-state index contributed by atoms with van der Waals surface area (Å²) in [5.74, 6) is -2.89. The maximum atomic E-state index is 13.9. The standard InChI is InChI=1S/C17H23F2NS/c1-5-6-7-9-13(2)16(17(3,18)19)20-14-10-8-11-15(12-14)21-4/h4,8,10-12,20H,5-7,9H2,1-3H3/b16-13+. The Hall–Kier alpha value is -1.38. The molecule has 0 atom stereocenters. The third kappa shape index (κ3) is 5.86. The van der Waals surface area contributed by atoms with Crippen molar-refractivity contribution in [1.82, 2.24) is 0 Å². The van der Waals surface area contributed by atoms with Gasteiger partial charge in [0, 0.05) is 17.5 Å². The summed E-state index contributed by atoms with van der Waals surface area (Å²) in [6, 6.07) is 7.19. The minimum atomic E-state index is -2.89. The first kappa shape index (κ1) is 17.7. The van der Waals surface area contributed by atoms with E-state index in [1.807, 2.05) is 6.07 Å². The smallest absolute Gasteiger partial charge is 0.284 e. The van der Waals surface area contributed by atoms with Crippen molar-refractivity contribution < 1.29 is 8.78 Å². The van der Waals surface area contributed by atoms with Gasteiger partial charge in [-0.15, -0.1) is 16.9 Å². The highest BCUT2D eigenvalue weighted by Crippen LogP contribution is 2.30. The highest BCUT2D eigenvalue weighted by molar-refractivity contribution is 7.88. The number of benzene rings is 1. The molecule has 1 rings (SSSR count). The van der Waals surface area contributed by atoms with Crippen LogP contribution in [-0.2, 0) is 0 Å². The highest BCUT2D eigenvalue weighted by atomic mass is 32.1. The van der Waals surface area contributed by atoms with E-state index in [4.69, 9.17) is 5.69 Å². The molecule has 4 heteroatoms. The fraction of sp³-hybridized carbons (Fsp3) is 0.471. The molecule has 1 nitrogen and oxygen atoms in total. The Labute approximate surface area is 130 Å². The molecule has 0 saturated heterocycles. The van der Waals surface area contributed by atoms with Crippen molar-refractivity contribution in [3.8, 4) is 5.69 Å². The maximum Gasteiger partial charge on any atom is 0.284 e. The number of anilines is 1. The van der Waals surface area contributed by atoms with Crippen LogP contribution in [0, 0.1) is 5.69 Å². The molecule has 0 aliphatic heterocycles. The highest BCUT2D eigenvalue weighted by Gasteiger charge is 2.29. The Morgan fingerprint density at radius 2 is 2.05 bits per heavy atom. The van der Waals surface area contributed by atoms with Gasteiger partial charge in [-0.25, -0.2) is 8.78 Å². The summed E-state index contributed by atoms with van der Waals surface area (Å²) in [5.41, 5.74) is 6.85. The first-order chi connectivity index (χ1) is 9.88. The van der Waals surface area contributed by atoms with E-state index in [9.17, 15) is 8.78 Å². The monoisotopic (exact) mass is 311 g/mol. The van der Waals surface area contributed by atoms with Crippen molar-refractivity contribution in [1.29, 1.82) is 0 Å². The van der Waals surface area contributed by atoms with Crippen LogP contribution in [0.3, 0.4) is 0 Å². The van der Waals surface area contributed by atoms with Crippen LogP contribution in [0.25, 0.3) is 0 Å². The molecule has 0 fully saturated rings. The average Bonchev–Trinajstić information content (AvgIpc) is 2.44. The van der Waals surface area contributed by atoms with Crippen LogP contribution in [0.15, 0.2) is 40.4 Å². The molecule has 1 aromatic rings. The molecule has 0 bridgehead atoms. The summed E-state index contributed by atoms with van der Waals surface area (Å²) in [6.07, 6.45) is 3.75. The van der Waals surface area contributed by atoms with Gasteiger partial charge in [-0.1, -0.05) is 25.8 Å². The average molecular weight is 311 g/mol. The molecule has 0 aliphatic rings. The number of hydrogen-bond acceptors (Lipinski definition) is 1. The quantitative estimate of drug-likeness (QED) is 0.583. The van der Waals surface area contributed by atoms with E-state index in [-0.39, 0.29) is 5.70 Å². The first-order valence-electron chi connectivity index (χ1n) is 7.20. The largest absolute Gasteiger partial charge is 0.354 e. The molecule has 21 heavy (non-hydrogen) atoms. The van der Waals surface area contributed by atoms with Gasteiger partial charge in [0.2, 0.25) is 0 Å². The summed E-state index contributed by atoms with van der Waals surface area (Å²) in [6.45, 7) is 4.81. The van der Waals surface area contributed by atoms with Gasteiger partial charge in [0.15, 0.2) is 0 Å². The summed E-state index contributed by atoms with van der Waals surface area (Å²) in [7, 11) is 0. The Bertz CT molecular complexity index is 538. The Balaban J connectivity index is 2.98. The van der Waals surface area contributed by atoms with Crippen LogP contribution in [-0.4, -0.2) is 5.92 Å². The van der Waals surface area contributed by atoms with Gasteiger partial charge >= 0.3 is 0 Å². The van der Waals surface area contributed by atoms with Crippen LogP contribution in [0.5, 0.6) is 0 Å². The molecule has 0 aromatic heterocycles. The van der Waals surface area contributed by atoms with E-state index in [0.717, 1.165) is 42.3 Å². The van der Waals surface area contributed by atoms with Crippen LogP contribution < -0.4 is 5.32 Å². The lowest BCUT2D eigenvalue weighted by atomic mass is 10.0. The minimum absolute atomic E-state index is 0.00206. The summed E-state index contributed by atoms with van der Waals surface area (Å²) in [5, 5.41) is 2.88. The molecule has 0 aliphatic carbocycles. The molecular weight excluding hydrogens is 288 g/mol. The van der Waals surface area contributed by atoms with E-state index in [2.05, 4.69) is 12.2 Å². The lowest BCUT2D eigenvalue weighted by molar-refractivity contribution is 0.0634. The third-order valence-corrected chi connectivity index (χ3v) is 3.79. The van der Waals surface area contributed by atoms with E-state index in [1.165, 1.54) is 0 Å². The second kappa shape index (κ2) is 8.16. The lowest BCUT2D eigenvalue weighted by Gasteiger charge is -2.21. The van der Waals surface area contributed by atoms with Crippen molar-refractivity contribution in [2.45, 2.75) is 57.3 Å². The number of halogens is 2. The fourth-order valence-corrected chi connectivity index (χ4v) is 2.50. The molecule has 1 aromatic carbocycles. The van der Waals surface area contributed by atoms with Gasteiger partial charge in [0.1, 0.15) is 0 Å². The first-order valence-corrected chi connectivity index (χ1v) is 8.08. The van der Waals surface area contributed by atoms with Crippen molar-refractivity contribution in [2.24, 2.45) is 0 Å². The summed E-state index contributed by atoms with van der Waals surface area (Å²) < 4.78 is 27.7. The number of alkyl halides is 2. The molecule has 0 amide bonds. The Morgan fingerprint density at radius 1 is 1.33 bits per heavy atom. The molecule has 0 unspecified atom stereocenters. The molecular formula is C17H23F2NS. The molecule has 116 valence electrons. The summed E-state index contributed by atoms with van der Waals surface area (Å²) >= 11 is 1.10. The van der Waals surface area contributed by atoms with E-state index >= 15 is 0 Å². The molecule has 0 saturated carbocycles. The number of hydrogen-bond donors (Lipinski definition) is 1. The lowest BCUT2D eigenvalue weighted by Crippen LogP contribution is -2.22. The zero-order valence-electron chi connectivity index (χ0n) is 12.9. The number of nitrogens with one attached hydrogen (secondary N) is 1. The summed E-state index contributed by atoms with van der Waals surface area (Å²) in [4.78, 5) is 0.836. The van der Waals surface area contributed by atoms with Crippen LogP contribution in [0.1, 0.15) is 46.5 Å². The van der Waals surface area contributed by atoms with Gasteiger partial charge in [-0.3, -0.25) is 0 Å². The van der Waals surface area contributed by atoms with Gasteiger partial charge < -0.3 is 5.32 Å². The molecule has 0 spiro atoms. The minimum Gasteiger partial charge on any atom is -0.354 e. The topological polar surface area (TPSA) is 12.0 Å². The number of allylic oxidation sites excluding steroid dienone is 2. The van der Waals surface area contributed by atoms with Crippen LogP contribution in [0.4, 0.5) is 14.5 Å². The Morgan fingerprint density at radius 3 is 2.62 bits per heavy atom. The van der Waals surface area contributed by atoms with E-state index < -0.39 is 5.92 Å². The van der Waals surface area contributed by atoms with Gasteiger partial charge in [-0.05, 0) is 43.5 Å². The maximum absolute atomic E-state index is 13.9. The van der Waals surface area contributed by atoms with Gasteiger partial charge in [0.05, 0.1) is 5.70 Å². The predicted molar refractivity (Wildman–Crippen MR) is 88.3 cm³/mol. The van der Waals surface area contributed by atoms with Gasteiger partial charge in [-0.2, -0.15) is 0 Å². The van der Waals surface area contributed by atoms with Crippen molar-refractivity contribution in [2.75, 3.05) is 5.32 Å². The second-order valence-electron chi connectivity index (χ2n) is 5.27. The second-order valence-corrected chi connectivity index (χ2v) is 5.98. The zero-order chi connectivity index (χ0) is 15.9. The van der Waals surface area contributed by atoms with E-state index in [1.54, 1.807) is 25.1 Å². The van der Waals surface area contributed by atoms with Crippen molar-refractivity contribution >= 4 is 16.9 Å². The predicted octanol–water partition coefficient (Wildman–Crippen LogP) is 6.29. The number of unbranched alkanes of at least 4 members (excludes halogenated alkanes) is 2. The van der Waals surface area contributed by atoms with Crippen LogP contribution >= 0.6 is 11.2 Å². The normalized spacial score (nSPS) is 12.8. The fourth-order valence-electron chi connectivity index (χ4n) is 2.15. The number of rotatable bonds is 7. The van der Waals surface area contributed by atoms with Crippen molar-refractivity contribution in [3.05, 3.63) is 35.5 Å². The SMILES string of the molecule is C#Sc1cccc(N/C(=C(\C)CCCCC)C(C)(F)F)c1. The van der Waals surface area contributed by atoms with E-state index in [0.29, 0.717) is 17.7 Å². The Kier molecular flexibility index (Phi) is 6.86. The zero-order valence-corrected chi connectivity index (χ0v) is 13.7. The van der Waals surface area contributed by atoms with Gasteiger partial charge in [0.25, 0.3) is 5.92 Å². The van der Waals surface area contributed by atoms with Crippen LogP contribution in [0.2, 0.25) is 0 Å². The third-order valence-electron chi connectivity index (χ3n) is 3.26. The molecule has 0 radical (unpaired) electrons.